The second-order valence-corrected chi connectivity index (χ2v) is 3.78. The minimum absolute atomic E-state index is 0.729. The van der Waals surface area contributed by atoms with Crippen LogP contribution in [0.5, 0.6) is 0 Å². The standard InChI is InChI=1S/C11H17NS/c1-8-4-9(2)11(6-12-7-13)10(3)5-8/h4-5,12-13H,6-7H2,1-3H3. The van der Waals surface area contributed by atoms with Gasteiger partial charge >= 0.3 is 0 Å². The highest BCUT2D eigenvalue weighted by Gasteiger charge is 2.02. The Kier molecular flexibility index (Phi) is 3.82. The summed E-state index contributed by atoms with van der Waals surface area (Å²) < 4.78 is 0. The average Bonchev–Trinajstić information content (AvgIpc) is 2.02. The summed E-state index contributed by atoms with van der Waals surface area (Å²) >= 11 is 4.13. The number of nitrogens with one attached hydrogen (secondary N) is 1. The van der Waals surface area contributed by atoms with Crippen LogP contribution in [0.25, 0.3) is 0 Å². The predicted molar refractivity (Wildman–Crippen MR) is 61.3 cm³/mol. The number of benzene rings is 1. The van der Waals surface area contributed by atoms with Gasteiger partial charge in [-0.15, -0.1) is 0 Å². The zero-order valence-corrected chi connectivity index (χ0v) is 9.41. The summed E-state index contributed by atoms with van der Waals surface area (Å²) in [7, 11) is 0. The van der Waals surface area contributed by atoms with Gasteiger partial charge in [-0.3, -0.25) is 0 Å². The van der Waals surface area contributed by atoms with Crippen LogP contribution in [0, 0.1) is 20.8 Å². The second kappa shape index (κ2) is 4.68. The number of rotatable bonds is 3. The molecular formula is C11H17NS. The van der Waals surface area contributed by atoms with Crippen LogP contribution < -0.4 is 5.32 Å². The first-order chi connectivity index (χ1) is 6.15. The Labute approximate surface area is 86.0 Å². The largest absolute Gasteiger partial charge is 0.304 e. The molecule has 1 rings (SSSR count). The molecule has 0 bridgehead atoms. The molecule has 1 aromatic carbocycles. The molecule has 13 heavy (non-hydrogen) atoms. The van der Waals surface area contributed by atoms with Gasteiger partial charge in [-0.2, -0.15) is 12.6 Å². The predicted octanol–water partition coefficient (Wildman–Crippen LogP) is 2.59. The average molecular weight is 195 g/mol. The Morgan fingerprint density at radius 2 is 1.69 bits per heavy atom. The first-order valence-electron chi connectivity index (χ1n) is 4.53. The monoisotopic (exact) mass is 195 g/mol. The highest BCUT2D eigenvalue weighted by molar-refractivity contribution is 7.80. The van der Waals surface area contributed by atoms with Crippen molar-refractivity contribution in [3.63, 3.8) is 0 Å². The number of thiol groups is 1. The molecule has 1 nitrogen and oxygen atoms in total. The molecule has 0 radical (unpaired) electrons. The maximum absolute atomic E-state index is 4.13. The molecule has 0 fully saturated rings. The van der Waals surface area contributed by atoms with Gasteiger partial charge in [-0.1, -0.05) is 17.7 Å². The van der Waals surface area contributed by atoms with Crippen LogP contribution in [0.2, 0.25) is 0 Å². The summed E-state index contributed by atoms with van der Waals surface area (Å²) in [5.74, 6) is 0.729. The van der Waals surface area contributed by atoms with Crippen LogP contribution in [0.1, 0.15) is 22.3 Å². The summed E-state index contributed by atoms with van der Waals surface area (Å²) in [5, 5.41) is 3.23. The van der Waals surface area contributed by atoms with Crippen molar-refractivity contribution in [3.05, 3.63) is 34.4 Å². The van der Waals surface area contributed by atoms with E-state index in [1.54, 1.807) is 0 Å². The van der Waals surface area contributed by atoms with E-state index >= 15 is 0 Å². The van der Waals surface area contributed by atoms with Gasteiger partial charge in [0.05, 0.1) is 0 Å². The lowest BCUT2D eigenvalue weighted by molar-refractivity contribution is 0.787. The van der Waals surface area contributed by atoms with Crippen molar-refractivity contribution >= 4 is 12.6 Å². The fourth-order valence-corrected chi connectivity index (χ4v) is 1.78. The van der Waals surface area contributed by atoms with Gasteiger partial charge in [0.2, 0.25) is 0 Å². The van der Waals surface area contributed by atoms with Gasteiger partial charge in [0.1, 0.15) is 0 Å². The Hall–Kier alpha value is -0.470. The topological polar surface area (TPSA) is 12.0 Å². The third-order valence-corrected chi connectivity index (χ3v) is 2.48. The Morgan fingerprint density at radius 3 is 2.15 bits per heavy atom. The third kappa shape index (κ3) is 2.75. The van der Waals surface area contributed by atoms with E-state index in [9.17, 15) is 0 Å². The van der Waals surface area contributed by atoms with E-state index in [0.717, 1.165) is 12.4 Å². The maximum Gasteiger partial charge on any atom is 0.0390 e. The van der Waals surface area contributed by atoms with Crippen LogP contribution in [0.3, 0.4) is 0 Å². The molecule has 0 unspecified atom stereocenters. The van der Waals surface area contributed by atoms with Gasteiger partial charge in [0, 0.05) is 12.4 Å². The van der Waals surface area contributed by atoms with E-state index in [1.807, 2.05) is 0 Å². The summed E-state index contributed by atoms with van der Waals surface area (Å²) in [6.07, 6.45) is 0. The van der Waals surface area contributed by atoms with E-state index in [0.29, 0.717) is 0 Å². The first-order valence-corrected chi connectivity index (χ1v) is 5.16. The van der Waals surface area contributed by atoms with Gasteiger partial charge < -0.3 is 5.32 Å². The molecule has 72 valence electrons. The van der Waals surface area contributed by atoms with Crippen LogP contribution in [0.15, 0.2) is 12.1 Å². The molecule has 1 aromatic rings. The van der Waals surface area contributed by atoms with E-state index in [4.69, 9.17) is 0 Å². The highest BCUT2D eigenvalue weighted by atomic mass is 32.1. The molecule has 0 atom stereocenters. The van der Waals surface area contributed by atoms with Crippen molar-refractivity contribution in [3.8, 4) is 0 Å². The summed E-state index contributed by atoms with van der Waals surface area (Å²) in [5.41, 5.74) is 5.47. The van der Waals surface area contributed by atoms with Crippen molar-refractivity contribution in [2.45, 2.75) is 27.3 Å². The fourth-order valence-electron chi connectivity index (χ4n) is 1.67. The normalized spacial score (nSPS) is 10.5. The summed E-state index contributed by atoms with van der Waals surface area (Å²) in [6, 6.07) is 4.45. The minimum atomic E-state index is 0.729. The molecule has 2 heteroatoms. The van der Waals surface area contributed by atoms with Crippen molar-refractivity contribution in [1.29, 1.82) is 0 Å². The van der Waals surface area contributed by atoms with Crippen molar-refractivity contribution < 1.29 is 0 Å². The van der Waals surface area contributed by atoms with Crippen molar-refractivity contribution in [1.82, 2.24) is 5.32 Å². The Balaban J connectivity index is 2.92. The highest BCUT2D eigenvalue weighted by Crippen LogP contribution is 2.15. The van der Waals surface area contributed by atoms with Gasteiger partial charge in [-0.25, -0.2) is 0 Å². The van der Waals surface area contributed by atoms with Gasteiger partial charge in [-0.05, 0) is 37.5 Å². The quantitative estimate of drug-likeness (QED) is 0.558. The van der Waals surface area contributed by atoms with Crippen LogP contribution in [0.4, 0.5) is 0 Å². The lowest BCUT2D eigenvalue weighted by atomic mass is 10.00. The SMILES string of the molecule is Cc1cc(C)c(CNCS)c(C)c1. The summed E-state index contributed by atoms with van der Waals surface area (Å²) in [4.78, 5) is 0. The Morgan fingerprint density at radius 1 is 1.15 bits per heavy atom. The molecule has 1 N–H and O–H groups in total. The van der Waals surface area contributed by atoms with Crippen molar-refractivity contribution in [2.75, 3.05) is 5.88 Å². The smallest absolute Gasteiger partial charge is 0.0390 e. The minimum Gasteiger partial charge on any atom is -0.304 e. The van der Waals surface area contributed by atoms with E-state index in [1.165, 1.54) is 22.3 Å². The molecular weight excluding hydrogens is 178 g/mol. The second-order valence-electron chi connectivity index (χ2n) is 3.46. The number of aryl methyl sites for hydroxylation is 3. The molecule has 0 aliphatic rings. The molecule has 0 spiro atoms. The molecule has 0 saturated heterocycles. The number of hydrogen-bond donors (Lipinski definition) is 2. The Bertz CT molecular complexity index is 271. The van der Waals surface area contributed by atoms with Gasteiger partial charge in [0.15, 0.2) is 0 Å². The van der Waals surface area contributed by atoms with Crippen LogP contribution in [-0.4, -0.2) is 5.88 Å². The lowest BCUT2D eigenvalue weighted by Crippen LogP contribution is -2.12. The fraction of sp³-hybridized carbons (Fsp3) is 0.455. The molecule has 0 aliphatic heterocycles. The molecule has 0 saturated carbocycles. The van der Waals surface area contributed by atoms with E-state index in [2.05, 4.69) is 50.8 Å². The van der Waals surface area contributed by atoms with Crippen molar-refractivity contribution in [2.24, 2.45) is 0 Å². The third-order valence-electron chi connectivity index (χ3n) is 2.25. The zero-order chi connectivity index (χ0) is 9.84. The van der Waals surface area contributed by atoms with Crippen LogP contribution in [-0.2, 0) is 6.54 Å². The van der Waals surface area contributed by atoms with Gasteiger partial charge in [0.25, 0.3) is 0 Å². The van der Waals surface area contributed by atoms with Crippen LogP contribution >= 0.6 is 12.6 Å². The molecule has 0 amide bonds. The molecule has 0 heterocycles. The molecule has 0 aromatic heterocycles. The van der Waals surface area contributed by atoms with E-state index in [-0.39, 0.29) is 0 Å². The zero-order valence-electron chi connectivity index (χ0n) is 8.52. The lowest BCUT2D eigenvalue weighted by Gasteiger charge is -2.11. The number of hydrogen-bond acceptors (Lipinski definition) is 2. The maximum atomic E-state index is 4.13. The summed E-state index contributed by atoms with van der Waals surface area (Å²) in [6.45, 7) is 7.38. The first kappa shape index (κ1) is 10.6. The van der Waals surface area contributed by atoms with E-state index < -0.39 is 0 Å². The molecule has 0 aliphatic carbocycles.